The van der Waals surface area contributed by atoms with Crippen molar-refractivity contribution < 1.29 is 9.18 Å². The van der Waals surface area contributed by atoms with Crippen molar-refractivity contribution in [2.24, 2.45) is 11.5 Å². The molecular weight excluding hydrogens is 433 g/mol. The number of rotatable bonds is 7. The summed E-state index contributed by atoms with van der Waals surface area (Å²) in [7, 11) is 0. The van der Waals surface area contributed by atoms with Crippen LogP contribution in [0.2, 0.25) is 0 Å². The summed E-state index contributed by atoms with van der Waals surface area (Å²) in [6.45, 7) is 2.97. The van der Waals surface area contributed by atoms with Gasteiger partial charge in [0, 0.05) is 49.8 Å². The summed E-state index contributed by atoms with van der Waals surface area (Å²) in [4.78, 5) is 17.8. The monoisotopic (exact) mass is 461 g/mol. The lowest BCUT2D eigenvalue weighted by Gasteiger charge is -2.41. The molecule has 0 spiro atoms. The molecule has 1 saturated heterocycles. The Bertz CT molecular complexity index is 1300. The third-order valence-corrected chi connectivity index (χ3v) is 6.76. The second-order valence-electron chi connectivity index (χ2n) is 8.94. The van der Waals surface area contributed by atoms with Crippen LogP contribution in [-0.2, 0) is 12.1 Å². The van der Waals surface area contributed by atoms with Gasteiger partial charge in [-0.15, -0.1) is 0 Å². The minimum absolute atomic E-state index is 0.277. The fraction of sp³-hybridized carbons (Fsp3) is 0.280. The fourth-order valence-corrected chi connectivity index (χ4v) is 4.67. The molecule has 5 rings (SSSR count). The van der Waals surface area contributed by atoms with Gasteiger partial charge in [0.2, 0.25) is 0 Å². The fourth-order valence-electron chi connectivity index (χ4n) is 4.67. The van der Waals surface area contributed by atoms with Crippen LogP contribution in [0.25, 0.3) is 10.9 Å². The molecule has 1 aliphatic rings. The van der Waals surface area contributed by atoms with Crippen LogP contribution in [0, 0.1) is 5.82 Å². The van der Waals surface area contributed by atoms with Gasteiger partial charge in [-0.05, 0) is 66.3 Å². The summed E-state index contributed by atoms with van der Waals surface area (Å²) in [6, 6.07) is 14.4. The predicted octanol–water partition coefficient (Wildman–Crippen LogP) is 3.30. The lowest BCUT2D eigenvalue weighted by molar-refractivity contribution is 0.0984. The molecule has 1 aliphatic heterocycles. The Labute approximate surface area is 196 Å². The number of fused-ring (bicyclic) bond motifs is 1. The molecular formula is C25H28FN7O. The molecule has 0 saturated carbocycles. The molecule has 1 fully saturated rings. The number of likely N-dealkylation sites (tertiary alicyclic amines) is 1. The highest BCUT2D eigenvalue weighted by atomic mass is 19.1. The lowest BCUT2D eigenvalue weighted by atomic mass is 9.87. The minimum Gasteiger partial charge on any atom is -0.365 e. The van der Waals surface area contributed by atoms with Gasteiger partial charge in [0.15, 0.2) is 5.82 Å². The number of nitrogens with two attached hydrogens (primary N) is 2. The molecule has 0 unspecified atom stereocenters. The topological polar surface area (TPSA) is 118 Å². The Hall–Kier alpha value is -3.69. The molecule has 34 heavy (non-hydrogen) atoms. The van der Waals surface area contributed by atoms with E-state index in [1.807, 2.05) is 6.20 Å². The van der Waals surface area contributed by atoms with Crippen LogP contribution in [-0.4, -0.2) is 45.2 Å². The number of benzene rings is 2. The molecule has 0 atom stereocenters. The number of nitrogens with zero attached hydrogens (tertiary/aromatic N) is 3. The zero-order chi connectivity index (χ0) is 23.7. The van der Waals surface area contributed by atoms with Crippen LogP contribution in [0.15, 0.2) is 60.9 Å². The van der Waals surface area contributed by atoms with E-state index >= 15 is 0 Å². The molecule has 1 amide bonds. The van der Waals surface area contributed by atoms with Crippen LogP contribution in [0.3, 0.4) is 0 Å². The van der Waals surface area contributed by atoms with E-state index in [1.54, 1.807) is 23.0 Å². The maximum Gasteiger partial charge on any atom is 0.254 e. The zero-order valence-electron chi connectivity index (χ0n) is 18.8. The zero-order valence-corrected chi connectivity index (χ0v) is 18.8. The van der Waals surface area contributed by atoms with E-state index in [2.05, 4.69) is 44.6 Å². The van der Waals surface area contributed by atoms with Gasteiger partial charge in [0.1, 0.15) is 11.4 Å². The van der Waals surface area contributed by atoms with Gasteiger partial charge >= 0.3 is 0 Å². The molecule has 2 aromatic carbocycles. The van der Waals surface area contributed by atoms with E-state index in [0.717, 1.165) is 38.0 Å². The van der Waals surface area contributed by atoms with Gasteiger partial charge in [-0.2, -0.15) is 5.10 Å². The molecule has 4 aromatic rings. The highest BCUT2D eigenvalue weighted by molar-refractivity contribution is 5.98. The molecule has 3 heterocycles. The van der Waals surface area contributed by atoms with E-state index in [-0.39, 0.29) is 11.4 Å². The molecule has 6 N–H and O–H groups in total. The Morgan fingerprint density at radius 3 is 2.62 bits per heavy atom. The largest absolute Gasteiger partial charge is 0.365 e. The Morgan fingerprint density at radius 1 is 1.15 bits per heavy atom. The number of hydrogen-bond acceptors (Lipinski definition) is 5. The van der Waals surface area contributed by atoms with E-state index in [0.29, 0.717) is 18.1 Å². The Balaban J connectivity index is 1.33. The van der Waals surface area contributed by atoms with Crippen LogP contribution < -0.4 is 16.8 Å². The number of halogens is 1. The summed E-state index contributed by atoms with van der Waals surface area (Å²) >= 11 is 0. The van der Waals surface area contributed by atoms with Gasteiger partial charge in [0.05, 0.1) is 5.54 Å². The number of amides is 1. The van der Waals surface area contributed by atoms with Crippen molar-refractivity contribution in [3.8, 4) is 0 Å². The summed E-state index contributed by atoms with van der Waals surface area (Å²) < 4.78 is 15.1. The SMILES string of the molecule is NCC1(n2cc(C(N)=O)c(Nc3ccc(F)cc3)n2)CCN(Cc2ccc3[nH]ccc3c2)CC1. The normalized spacial score (nSPS) is 16.1. The second kappa shape index (κ2) is 8.92. The van der Waals surface area contributed by atoms with E-state index in [1.165, 1.54) is 23.1 Å². The van der Waals surface area contributed by atoms with Crippen molar-refractivity contribution in [1.29, 1.82) is 0 Å². The van der Waals surface area contributed by atoms with Gasteiger partial charge < -0.3 is 21.8 Å². The smallest absolute Gasteiger partial charge is 0.254 e. The van der Waals surface area contributed by atoms with E-state index in [4.69, 9.17) is 11.5 Å². The minimum atomic E-state index is -0.583. The molecule has 0 bridgehead atoms. The first kappa shape index (κ1) is 22.1. The first-order valence-corrected chi connectivity index (χ1v) is 11.4. The van der Waals surface area contributed by atoms with Crippen molar-refractivity contribution in [2.75, 3.05) is 25.0 Å². The number of carbonyl (C=O) groups is 1. The molecule has 0 radical (unpaired) electrons. The van der Waals surface area contributed by atoms with Crippen molar-refractivity contribution in [2.45, 2.75) is 24.9 Å². The van der Waals surface area contributed by atoms with Gasteiger partial charge in [0.25, 0.3) is 5.91 Å². The number of nitrogens with one attached hydrogen (secondary N) is 2. The predicted molar refractivity (Wildman–Crippen MR) is 130 cm³/mol. The Morgan fingerprint density at radius 2 is 1.91 bits per heavy atom. The van der Waals surface area contributed by atoms with Gasteiger partial charge in [-0.1, -0.05) is 6.07 Å². The Kier molecular flexibility index (Phi) is 5.80. The molecule has 9 heteroatoms. The van der Waals surface area contributed by atoms with E-state index in [9.17, 15) is 9.18 Å². The summed E-state index contributed by atoms with van der Waals surface area (Å²) in [5.74, 6) is -0.581. The third kappa shape index (κ3) is 4.27. The number of primary amides is 1. The van der Waals surface area contributed by atoms with Crippen molar-refractivity contribution in [1.82, 2.24) is 19.7 Å². The highest BCUT2D eigenvalue weighted by Gasteiger charge is 2.37. The lowest BCUT2D eigenvalue weighted by Crippen LogP contribution is -2.50. The number of anilines is 2. The van der Waals surface area contributed by atoms with Gasteiger partial charge in [-0.3, -0.25) is 14.4 Å². The summed E-state index contributed by atoms with van der Waals surface area (Å²) in [5.41, 5.74) is 14.8. The number of piperidine rings is 1. The average Bonchev–Trinajstić information content (AvgIpc) is 3.48. The van der Waals surface area contributed by atoms with Crippen molar-refractivity contribution >= 4 is 28.3 Å². The van der Waals surface area contributed by atoms with Crippen molar-refractivity contribution in [3.05, 3.63) is 77.9 Å². The number of aromatic amines is 1. The van der Waals surface area contributed by atoms with Crippen LogP contribution in [0.1, 0.15) is 28.8 Å². The maximum atomic E-state index is 13.3. The van der Waals surface area contributed by atoms with Gasteiger partial charge in [-0.25, -0.2) is 4.39 Å². The number of carbonyl (C=O) groups excluding carboxylic acids is 1. The van der Waals surface area contributed by atoms with E-state index < -0.39 is 11.4 Å². The standard InChI is InChI=1S/C25H28FN7O/c26-19-2-4-20(5-3-19)30-24-21(23(28)34)15-33(31-24)25(16-27)8-11-32(12-9-25)14-17-1-6-22-18(13-17)7-10-29-22/h1-7,10,13,15,29H,8-9,11-12,14,16,27H2,(H2,28,34)(H,30,31). The molecule has 0 aliphatic carbocycles. The first-order chi connectivity index (χ1) is 16.5. The van der Waals surface area contributed by atoms with Crippen molar-refractivity contribution in [3.63, 3.8) is 0 Å². The average molecular weight is 462 g/mol. The first-order valence-electron chi connectivity index (χ1n) is 11.4. The number of H-pyrrole nitrogens is 1. The number of hydrogen-bond donors (Lipinski definition) is 4. The third-order valence-electron chi connectivity index (χ3n) is 6.76. The summed E-state index contributed by atoms with van der Waals surface area (Å²) in [6.07, 6.45) is 5.22. The molecule has 2 aromatic heterocycles. The molecule has 176 valence electrons. The maximum absolute atomic E-state index is 13.3. The van der Waals surface area contributed by atoms with Crippen LogP contribution >= 0.6 is 0 Å². The highest BCUT2D eigenvalue weighted by Crippen LogP contribution is 2.32. The molecule has 8 nitrogen and oxygen atoms in total. The quantitative estimate of drug-likeness (QED) is 0.337. The second-order valence-corrected chi connectivity index (χ2v) is 8.94. The van der Waals surface area contributed by atoms with Crippen LogP contribution in [0.5, 0.6) is 0 Å². The van der Waals surface area contributed by atoms with Crippen LogP contribution in [0.4, 0.5) is 15.9 Å². The number of aromatic nitrogens is 3. The summed E-state index contributed by atoms with van der Waals surface area (Å²) in [5, 5.41) is 8.96.